The van der Waals surface area contributed by atoms with Crippen LogP contribution in [0.2, 0.25) is 0 Å². The molecule has 1 aromatic rings. The highest BCUT2D eigenvalue weighted by Gasteiger charge is 2.54. The van der Waals surface area contributed by atoms with E-state index < -0.39 is 0 Å². The molecule has 1 N–H and O–H groups in total. The van der Waals surface area contributed by atoms with E-state index in [1.54, 1.807) is 0 Å². The lowest BCUT2D eigenvalue weighted by Gasteiger charge is -2.37. The summed E-state index contributed by atoms with van der Waals surface area (Å²) in [4.78, 5) is 6.65. The molecule has 0 saturated heterocycles. The fourth-order valence-corrected chi connectivity index (χ4v) is 8.30. The second-order valence-electron chi connectivity index (χ2n) is 13.7. The van der Waals surface area contributed by atoms with Crippen molar-refractivity contribution in [2.45, 2.75) is 91.1 Å². The Balaban J connectivity index is 0.927. The quantitative estimate of drug-likeness (QED) is 0.381. The van der Waals surface area contributed by atoms with Crippen LogP contribution in [0.3, 0.4) is 0 Å². The lowest BCUT2D eigenvalue weighted by molar-refractivity contribution is 0.163. The van der Waals surface area contributed by atoms with Gasteiger partial charge in [-0.25, -0.2) is 0 Å². The van der Waals surface area contributed by atoms with Crippen LogP contribution >= 0.6 is 0 Å². The third kappa shape index (κ3) is 5.27. The van der Waals surface area contributed by atoms with Crippen molar-refractivity contribution < 1.29 is 0 Å². The molecule has 3 fully saturated rings. The summed E-state index contributed by atoms with van der Waals surface area (Å²) in [5, 5.41) is 3.71. The predicted molar refractivity (Wildman–Crippen MR) is 158 cm³/mol. The Morgan fingerprint density at radius 1 is 1.11 bits per heavy atom. The maximum Gasteiger partial charge on any atom is 0.0944 e. The molecule has 204 valence electrons. The molecule has 6 rings (SSSR count). The van der Waals surface area contributed by atoms with Gasteiger partial charge >= 0.3 is 0 Å². The Morgan fingerprint density at radius 3 is 2.58 bits per heavy atom. The Hall–Kier alpha value is -2.29. The summed E-state index contributed by atoms with van der Waals surface area (Å²) in [6, 6.07) is 2.14. The number of hydrogen-bond donors (Lipinski definition) is 1. The van der Waals surface area contributed by atoms with E-state index in [-0.39, 0.29) is 0 Å². The van der Waals surface area contributed by atoms with Crippen molar-refractivity contribution in [3.05, 3.63) is 77.9 Å². The molecule has 3 atom stereocenters. The molecule has 1 spiro atoms. The van der Waals surface area contributed by atoms with Gasteiger partial charge in [-0.2, -0.15) is 0 Å². The van der Waals surface area contributed by atoms with Gasteiger partial charge < -0.3 is 10.2 Å². The molecule has 38 heavy (non-hydrogen) atoms. The van der Waals surface area contributed by atoms with E-state index in [0.29, 0.717) is 17.3 Å². The van der Waals surface area contributed by atoms with E-state index in [4.69, 9.17) is 0 Å². The van der Waals surface area contributed by atoms with E-state index in [0.717, 1.165) is 49.1 Å². The Bertz CT molecular complexity index is 1070. The fraction of sp³-hybridized carbons (Fsp3) is 0.629. The molecular weight excluding hydrogens is 462 g/mol. The second-order valence-corrected chi connectivity index (χ2v) is 13.7. The minimum atomic E-state index is 0.617. The average Bonchev–Trinajstić information content (AvgIpc) is 3.42. The minimum Gasteiger partial charge on any atom is -0.372 e. The topological polar surface area (TPSA) is 28.2 Å². The van der Waals surface area contributed by atoms with Gasteiger partial charge in [0.2, 0.25) is 0 Å². The summed E-state index contributed by atoms with van der Waals surface area (Å²) in [5.41, 5.74) is 6.21. The molecule has 4 aliphatic carbocycles. The highest BCUT2D eigenvalue weighted by atomic mass is 15.2. The van der Waals surface area contributed by atoms with Gasteiger partial charge in [0.15, 0.2) is 0 Å². The van der Waals surface area contributed by atoms with Crippen LogP contribution in [0.1, 0.15) is 89.2 Å². The summed E-state index contributed by atoms with van der Waals surface area (Å²) in [7, 11) is 0. The molecule has 1 aliphatic heterocycles. The van der Waals surface area contributed by atoms with Gasteiger partial charge in [0, 0.05) is 32.0 Å². The van der Waals surface area contributed by atoms with E-state index >= 15 is 0 Å². The van der Waals surface area contributed by atoms with Crippen molar-refractivity contribution in [3.8, 4) is 0 Å². The predicted octanol–water partition coefficient (Wildman–Crippen LogP) is 8.18. The monoisotopic (exact) mass is 511 g/mol. The maximum atomic E-state index is 4.54. The third-order valence-corrected chi connectivity index (χ3v) is 11.5. The number of rotatable bonds is 8. The van der Waals surface area contributed by atoms with Gasteiger partial charge in [0.05, 0.1) is 5.82 Å². The van der Waals surface area contributed by atoms with E-state index in [2.05, 4.69) is 66.5 Å². The van der Waals surface area contributed by atoms with Crippen molar-refractivity contribution in [1.82, 2.24) is 15.2 Å². The summed E-state index contributed by atoms with van der Waals surface area (Å²) in [6.45, 7) is 16.8. The lowest BCUT2D eigenvalue weighted by atomic mass is 9.68. The molecule has 3 heteroatoms. The number of nitrogens with zero attached hydrogens (tertiary/aromatic N) is 2. The van der Waals surface area contributed by atoms with Crippen LogP contribution in [-0.4, -0.2) is 16.4 Å². The summed E-state index contributed by atoms with van der Waals surface area (Å²) >= 11 is 0. The molecule has 0 bridgehead atoms. The Morgan fingerprint density at radius 2 is 1.87 bits per heavy atom. The summed E-state index contributed by atoms with van der Waals surface area (Å²) in [5.74, 6) is 5.91. The Kier molecular flexibility index (Phi) is 7.31. The second kappa shape index (κ2) is 10.7. The number of fused-ring (bicyclic) bond motifs is 1. The molecule has 3 saturated carbocycles. The lowest BCUT2D eigenvalue weighted by Crippen LogP contribution is -2.30. The van der Waals surface area contributed by atoms with E-state index in [1.165, 1.54) is 86.5 Å². The molecule has 5 aliphatic rings. The molecular formula is C35H49N3. The highest BCUT2D eigenvalue weighted by Crippen LogP contribution is 2.62. The van der Waals surface area contributed by atoms with Crippen molar-refractivity contribution in [3.63, 3.8) is 0 Å². The SMILES string of the molecule is C=C(C1=CCC(C(C)C2CCC3(CC2)CC3CNC(=C)N2Cc3ccncc3C2)C=C1)C1CCC(C)CC1. The van der Waals surface area contributed by atoms with Crippen molar-refractivity contribution >= 4 is 0 Å². The van der Waals surface area contributed by atoms with Gasteiger partial charge in [0.1, 0.15) is 0 Å². The molecule has 3 nitrogen and oxygen atoms in total. The number of hydrogen-bond acceptors (Lipinski definition) is 3. The van der Waals surface area contributed by atoms with Crippen LogP contribution in [0.5, 0.6) is 0 Å². The normalized spacial score (nSPS) is 34.9. The zero-order valence-corrected chi connectivity index (χ0v) is 23.9. The zero-order chi connectivity index (χ0) is 26.3. The van der Waals surface area contributed by atoms with Gasteiger partial charge in [0.25, 0.3) is 0 Å². The van der Waals surface area contributed by atoms with Gasteiger partial charge in [-0.3, -0.25) is 4.98 Å². The first-order valence-corrected chi connectivity index (χ1v) is 15.6. The van der Waals surface area contributed by atoms with Crippen LogP contribution in [0.25, 0.3) is 0 Å². The van der Waals surface area contributed by atoms with Crippen molar-refractivity contribution in [2.24, 2.45) is 40.9 Å². The first kappa shape index (κ1) is 26.0. The van der Waals surface area contributed by atoms with Crippen LogP contribution in [0, 0.1) is 40.9 Å². The van der Waals surface area contributed by atoms with E-state index in [1.807, 2.05) is 12.4 Å². The highest BCUT2D eigenvalue weighted by molar-refractivity contribution is 5.42. The summed E-state index contributed by atoms with van der Waals surface area (Å²) < 4.78 is 0. The largest absolute Gasteiger partial charge is 0.372 e. The smallest absolute Gasteiger partial charge is 0.0944 e. The minimum absolute atomic E-state index is 0.617. The maximum absolute atomic E-state index is 4.54. The third-order valence-electron chi connectivity index (χ3n) is 11.5. The first-order chi connectivity index (χ1) is 18.4. The van der Waals surface area contributed by atoms with Crippen LogP contribution in [0.4, 0.5) is 0 Å². The molecule has 3 unspecified atom stereocenters. The van der Waals surface area contributed by atoms with Crippen molar-refractivity contribution in [2.75, 3.05) is 6.54 Å². The van der Waals surface area contributed by atoms with Crippen LogP contribution in [0.15, 0.2) is 66.8 Å². The molecule has 0 radical (unpaired) electrons. The van der Waals surface area contributed by atoms with E-state index in [9.17, 15) is 0 Å². The van der Waals surface area contributed by atoms with Crippen LogP contribution < -0.4 is 5.32 Å². The standard InChI is InChI=1S/C35H49N3/c1-24-5-7-28(8-6-24)25(2)29-9-11-30(12-10-29)26(3)31-13-16-35(17-14-31)19-34(35)21-37-27(4)38-22-32-15-18-36-20-33(32)23-38/h9-11,15,18,20,24,26,28,30-31,34,37H,2,4-8,12-14,16-17,19,21-23H2,1,3H3. The molecule has 0 aromatic carbocycles. The number of pyridine rings is 1. The van der Waals surface area contributed by atoms with Crippen LogP contribution in [-0.2, 0) is 13.1 Å². The van der Waals surface area contributed by atoms with Gasteiger partial charge in [-0.05, 0) is 121 Å². The molecule has 1 aromatic heterocycles. The fourth-order valence-electron chi connectivity index (χ4n) is 8.30. The number of nitrogens with one attached hydrogen (secondary N) is 1. The number of aromatic nitrogens is 1. The van der Waals surface area contributed by atoms with Crippen molar-refractivity contribution in [1.29, 1.82) is 0 Å². The van der Waals surface area contributed by atoms with Gasteiger partial charge in [-0.15, -0.1) is 0 Å². The molecule has 0 amide bonds. The van der Waals surface area contributed by atoms with Gasteiger partial charge in [-0.1, -0.05) is 58.1 Å². The Labute approximate surface area is 231 Å². The first-order valence-electron chi connectivity index (χ1n) is 15.6. The number of allylic oxidation sites excluding steroid dienone is 5. The average molecular weight is 512 g/mol. The zero-order valence-electron chi connectivity index (χ0n) is 23.9. The molecule has 2 heterocycles. The summed E-state index contributed by atoms with van der Waals surface area (Å²) in [6.07, 6.45) is 25.1.